The molecule has 6 heteroatoms. The molecule has 124 valence electrons. The lowest BCUT2D eigenvalue weighted by Crippen LogP contribution is -2.49. The summed E-state index contributed by atoms with van der Waals surface area (Å²) in [5.74, 6) is 0. The Morgan fingerprint density at radius 3 is 2.91 bits per heavy atom. The predicted molar refractivity (Wildman–Crippen MR) is 85.7 cm³/mol. The Morgan fingerprint density at radius 1 is 1.50 bits per heavy atom. The molecule has 1 saturated heterocycles. The third kappa shape index (κ3) is 5.33. The van der Waals surface area contributed by atoms with Gasteiger partial charge >= 0.3 is 6.09 Å². The van der Waals surface area contributed by atoms with Gasteiger partial charge in [-0.25, -0.2) is 9.78 Å². The van der Waals surface area contributed by atoms with Crippen LogP contribution < -0.4 is 5.32 Å². The number of aryl methyl sites for hydroxylation is 1. The average Bonchev–Trinajstić information content (AvgIpc) is 2.80. The Hall–Kier alpha value is -1.56. The zero-order valence-electron chi connectivity index (χ0n) is 14.1. The second-order valence-corrected chi connectivity index (χ2v) is 7.03. The second kappa shape index (κ2) is 7.13. The quantitative estimate of drug-likeness (QED) is 0.923. The van der Waals surface area contributed by atoms with E-state index in [-0.39, 0.29) is 12.1 Å². The highest BCUT2D eigenvalue weighted by molar-refractivity contribution is 5.68. The van der Waals surface area contributed by atoms with Gasteiger partial charge in [-0.15, -0.1) is 0 Å². The van der Waals surface area contributed by atoms with E-state index in [9.17, 15) is 4.79 Å². The zero-order chi connectivity index (χ0) is 16.2. The smallest absolute Gasteiger partial charge is 0.407 e. The highest BCUT2D eigenvalue weighted by Gasteiger charge is 2.24. The lowest BCUT2D eigenvalue weighted by molar-refractivity contribution is 0.0472. The van der Waals surface area contributed by atoms with Crippen molar-refractivity contribution in [3.63, 3.8) is 0 Å². The molecular weight excluding hydrogens is 280 g/mol. The minimum absolute atomic E-state index is 0.176. The van der Waals surface area contributed by atoms with Gasteiger partial charge in [-0.05, 0) is 40.2 Å². The molecule has 2 rings (SSSR count). The maximum Gasteiger partial charge on any atom is 0.407 e. The van der Waals surface area contributed by atoms with E-state index in [2.05, 4.69) is 19.8 Å². The summed E-state index contributed by atoms with van der Waals surface area (Å²) in [4.78, 5) is 18.4. The minimum Gasteiger partial charge on any atom is -0.444 e. The summed E-state index contributed by atoms with van der Waals surface area (Å²) in [6.07, 6.45) is 6.54. The van der Waals surface area contributed by atoms with Gasteiger partial charge in [0.15, 0.2) is 0 Å². The number of likely N-dealkylation sites (tertiary alicyclic amines) is 1. The first-order valence-corrected chi connectivity index (χ1v) is 8.00. The van der Waals surface area contributed by atoms with Gasteiger partial charge in [0.25, 0.3) is 0 Å². The molecule has 1 aliphatic heterocycles. The van der Waals surface area contributed by atoms with Gasteiger partial charge in [-0.1, -0.05) is 0 Å². The summed E-state index contributed by atoms with van der Waals surface area (Å²) >= 11 is 0. The van der Waals surface area contributed by atoms with E-state index >= 15 is 0 Å². The monoisotopic (exact) mass is 308 g/mol. The molecule has 1 atom stereocenters. The van der Waals surface area contributed by atoms with E-state index in [0.717, 1.165) is 38.9 Å². The third-order valence-electron chi connectivity index (χ3n) is 3.83. The fraction of sp³-hybridized carbons (Fsp3) is 0.750. The van der Waals surface area contributed by atoms with Crippen molar-refractivity contribution in [1.29, 1.82) is 0 Å². The number of hydrogen-bond donors (Lipinski definition) is 1. The second-order valence-electron chi connectivity index (χ2n) is 7.03. The number of imidazole rings is 1. The molecule has 1 amide bonds. The van der Waals surface area contributed by atoms with E-state index < -0.39 is 5.60 Å². The molecule has 22 heavy (non-hydrogen) atoms. The number of nitrogens with zero attached hydrogens (tertiary/aromatic N) is 3. The topological polar surface area (TPSA) is 59.4 Å². The van der Waals surface area contributed by atoms with Gasteiger partial charge in [0.2, 0.25) is 0 Å². The van der Waals surface area contributed by atoms with E-state index in [1.807, 2.05) is 40.3 Å². The molecule has 2 heterocycles. The van der Waals surface area contributed by atoms with Crippen LogP contribution in [0.2, 0.25) is 0 Å². The molecule has 1 N–H and O–H groups in total. The van der Waals surface area contributed by atoms with Gasteiger partial charge in [0.05, 0.1) is 6.33 Å². The van der Waals surface area contributed by atoms with E-state index in [1.165, 1.54) is 5.69 Å². The van der Waals surface area contributed by atoms with Crippen molar-refractivity contribution in [2.75, 3.05) is 19.6 Å². The van der Waals surface area contributed by atoms with Gasteiger partial charge in [0.1, 0.15) is 5.60 Å². The van der Waals surface area contributed by atoms with Crippen LogP contribution in [-0.4, -0.2) is 51.8 Å². The Kier molecular flexibility index (Phi) is 5.45. The molecule has 0 aliphatic carbocycles. The maximum absolute atomic E-state index is 11.9. The zero-order valence-corrected chi connectivity index (χ0v) is 14.1. The molecular formula is C16H28N4O2. The van der Waals surface area contributed by atoms with Crippen LogP contribution in [0.4, 0.5) is 4.79 Å². The maximum atomic E-state index is 11.9. The number of ether oxygens (including phenoxy) is 1. The van der Waals surface area contributed by atoms with Crippen molar-refractivity contribution in [2.45, 2.75) is 51.7 Å². The Labute approximate surface area is 132 Å². The van der Waals surface area contributed by atoms with Crippen molar-refractivity contribution in [3.05, 3.63) is 18.2 Å². The molecule has 1 fully saturated rings. The van der Waals surface area contributed by atoms with Crippen LogP contribution >= 0.6 is 0 Å². The van der Waals surface area contributed by atoms with E-state index in [1.54, 1.807) is 0 Å². The standard InChI is InChI=1S/C16H28N4O2/c1-16(2,3)22-15(21)18-13-6-5-8-20(11-13)9-7-14-10-17-12-19(14)4/h10,12-13H,5-9,11H2,1-4H3,(H,18,21). The SMILES string of the molecule is Cn1cncc1CCN1CCCC(NC(=O)OC(C)(C)C)C1. The average molecular weight is 308 g/mol. The summed E-state index contributed by atoms with van der Waals surface area (Å²) in [5, 5.41) is 2.99. The number of carbonyl (C=O) groups excluding carboxylic acids is 1. The van der Waals surface area contributed by atoms with Crippen LogP contribution in [0.25, 0.3) is 0 Å². The first-order chi connectivity index (χ1) is 10.3. The fourth-order valence-corrected chi connectivity index (χ4v) is 2.75. The summed E-state index contributed by atoms with van der Waals surface area (Å²) in [7, 11) is 2.02. The summed E-state index contributed by atoms with van der Waals surface area (Å²) < 4.78 is 7.39. The summed E-state index contributed by atoms with van der Waals surface area (Å²) in [6.45, 7) is 8.61. The van der Waals surface area contributed by atoms with Crippen molar-refractivity contribution >= 4 is 6.09 Å². The van der Waals surface area contributed by atoms with E-state index in [4.69, 9.17) is 4.74 Å². The number of piperidine rings is 1. The number of nitrogens with one attached hydrogen (secondary N) is 1. The number of alkyl carbamates (subject to hydrolysis) is 1. The van der Waals surface area contributed by atoms with Gasteiger partial charge in [-0.2, -0.15) is 0 Å². The van der Waals surface area contributed by atoms with Crippen LogP contribution in [0, 0.1) is 0 Å². The highest BCUT2D eigenvalue weighted by atomic mass is 16.6. The molecule has 0 radical (unpaired) electrons. The lowest BCUT2D eigenvalue weighted by Gasteiger charge is -2.33. The third-order valence-corrected chi connectivity index (χ3v) is 3.83. The van der Waals surface area contributed by atoms with Crippen LogP contribution in [-0.2, 0) is 18.2 Å². The Morgan fingerprint density at radius 2 is 2.27 bits per heavy atom. The molecule has 1 aromatic heterocycles. The number of rotatable bonds is 4. The largest absolute Gasteiger partial charge is 0.444 e. The minimum atomic E-state index is -0.446. The Balaban J connectivity index is 1.77. The van der Waals surface area contributed by atoms with Crippen LogP contribution in [0.15, 0.2) is 12.5 Å². The number of aromatic nitrogens is 2. The van der Waals surface area contributed by atoms with Gasteiger partial charge in [0, 0.05) is 44.5 Å². The van der Waals surface area contributed by atoms with E-state index in [0.29, 0.717) is 0 Å². The molecule has 0 bridgehead atoms. The summed E-state index contributed by atoms with van der Waals surface area (Å²) in [6, 6.07) is 0.176. The number of carbonyl (C=O) groups is 1. The first-order valence-electron chi connectivity index (χ1n) is 8.00. The lowest BCUT2D eigenvalue weighted by atomic mass is 10.1. The predicted octanol–water partition coefficient (Wildman–Crippen LogP) is 1.95. The van der Waals surface area contributed by atoms with Crippen molar-refractivity contribution in [3.8, 4) is 0 Å². The molecule has 6 nitrogen and oxygen atoms in total. The molecule has 1 aromatic rings. The number of hydrogen-bond acceptors (Lipinski definition) is 4. The first kappa shape index (κ1) is 16.8. The molecule has 1 unspecified atom stereocenters. The molecule has 0 spiro atoms. The number of amides is 1. The normalized spacial score (nSPS) is 19.9. The van der Waals surface area contributed by atoms with Gasteiger partial charge < -0.3 is 19.5 Å². The molecule has 0 saturated carbocycles. The van der Waals surface area contributed by atoms with Crippen molar-refractivity contribution < 1.29 is 9.53 Å². The fourth-order valence-electron chi connectivity index (χ4n) is 2.75. The summed E-state index contributed by atoms with van der Waals surface area (Å²) in [5.41, 5.74) is 0.792. The molecule has 1 aliphatic rings. The van der Waals surface area contributed by atoms with Crippen LogP contribution in [0.5, 0.6) is 0 Å². The van der Waals surface area contributed by atoms with Crippen LogP contribution in [0.1, 0.15) is 39.3 Å². The van der Waals surface area contributed by atoms with Crippen LogP contribution in [0.3, 0.4) is 0 Å². The molecule has 0 aromatic carbocycles. The van der Waals surface area contributed by atoms with Gasteiger partial charge in [-0.3, -0.25) is 0 Å². The Bertz CT molecular complexity index is 493. The van der Waals surface area contributed by atoms with Crippen molar-refractivity contribution in [1.82, 2.24) is 19.8 Å². The van der Waals surface area contributed by atoms with Crippen molar-refractivity contribution in [2.24, 2.45) is 7.05 Å². The highest BCUT2D eigenvalue weighted by Crippen LogP contribution is 2.13.